The summed E-state index contributed by atoms with van der Waals surface area (Å²) < 4.78 is 3.39. The minimum absolute atomic E-state index is 0.107. The topological polar surface area (TPSA) is 74.8 Å². The van der Waals surface area contributed by atoms with Crippen LogP contribution >= 0.6 is 11.9 Å². The SMILES string of the molecule is CC(C)(C)Nc1nc(NSC2CCCCCCC2)nc(NC(C)(C)C)n1. The second kappa shape index (κ2) is 9.11. The average Bonchev–Trinajstić information content (AvgIpc) is 2.42. The van der Waals surface area contributed by atoms with Gasteiger partial charge in [0.25, 0.3) is 0 Å². The molecule has 0 spiro atoms. The molecule has 148 valence electrons. The molecule has 0 radical (unpaired) electrons. The zero-order valence-corrected chi connectivity index (χ0v) is 18.1. The fraction of sp³-hybridized carbons (Fsp3) is 0.842. The summed E-state index contributed by atoms with van der Waals surface area (Å²) in [4.78, 5) is 13.7. The summed E-state index contributed by atoms with van der Waals surface area (Å²) >= 11 is 1.77. The van der Waals surface area contributed by atoms with Gasteiger partial charge in [0, 0.05) is 16.3 Å². The van der Waals surface area contributed by atoms with Gasteiger partial charge in [-0.05, 0) is 66.3 Å². The van der Waals surface area contributed by atoms with Crippen LogP contribution in [0.3, 0.4) is 0 Å². The third-order valence-electron chi connectivity index (χ3n) is 3.98. The molecular weight excluding hydrogens is 344 g/mol. The van der Waals surface area contributed by atoms with Crippen LogP contribution in [-0.2, 0) is 0 Å². The van der Waals surface area contributed by atoms with Gasteiger partial charge in [0.1, 0.15) is 0 Å². The van der Waals surface area contributed by atoms with Crippen molar-refractivity contribution in [2.75, 3.05) is 15.4 Å². The van der Waals surface area contributed by atoms with Crippen molar-refractivity contribution in [3.63, 3.8) is 0 Å². The van der Waals surface area contributed by atoms with E-state index in [-0.39, 0.29) is 11.1 Å². The van der Waals surface area contributed by atoms with Crippen LogP contribution in [0, 0.1) is 0 Å². The number of hydrogen-bond donors (Lipinski definition) is 3. The summed E-state index contributed by atoms with van der Waals surface area (Å²) in [5.41, 5.74) is -0.214. The summed E-state index contributed by atoms with van der Waals surface area (Å²) in [6.45, 7) is 12.6. The van der Waals surface area contributed by atoms with E-state index in [1.54, 1.807) is 11.9 Å². The van der Waals surface area contributed by atoms with Gasteiger partial charge in [-0.1, -0.05) is 32.1 Å². The molecule has 1 heterocycles. The number of rotatable bonds is 5. The van der Waals surface area contributed by atoms with Crippen molar-refractivity contribution in [1.82, 2.24) is 15.0 Å². The molecule has 7 heteroatoms. The van der Waals surface area contributed by atoms with Gasteiger partial charge >= 0.3 is 0 Å². The van der Waals surface area contributed by atoms with Crippen LogP contribution in [0.15, 0.2) is 0 Å². The molecular formula is C19H36N6S. The number of aromatic nitrogens is 3. The van der Waals surface area contributed by atoms with E-state index in [0.717, 1.165) is 0 Å². The fourth-order valence-electron chi connectivity index (χ4n) is 2.88. The van der Waals surface area contributed by atoms with Crippen molar-refractivity contribution in [3.05, 3.63) is 0 Å². The van der Waals surface area contributed by atoms with E-state index in [4.69, 9.17) is 0 Å². The number of anilines is 3. The zero-order chi connectivity index (χ0) is 19.2. The molecule has 2 rings (SSSR count). The number of hydrogen-bond acceptors (Lipinski definition) is 7. The highest BCUT2D eigenvalue weighted by atomic mass is 32.2. The highest BCUT2D eigenvalue weighted by Crippen LogP contribution is 2.27. The lowest BCUT2D eigenvalue weighted by Crippen LogP contribution is -2.30. The molecule has 0 unspecified atom stereocenters. The number of nitrogens with one attached hydrogen (secondary N) is 3. The average molecular weight is 381 g/mol. The predicted octanol–water partition coefficient (Wildman–Crippen LogP) is 5.47. The molecule has 26 heavy (non-hydrogen) atoms. The second-order valence-electron chi connectivity index (χ2n) is 9.24. The van der Waals surface area contributed by atoms with E-state index in [1.807, 2.05) is 0 Å². The summed E-state index contributed by atoms with van der Waals surface area (Å²) in [6.07, 6.45) is 9.30. The lowest BCUT2D eigenvalue weighted by molar-refractivity contribution is 0.513. The normalized spacial score (nSPS) is 17.3. The third-order valence-corrected chi connectivity index (χ3v) is 5.08. The molecule has 0 aliphatic heterocycles. The summed E-state index contributed by atoms with van der Waals surface area (Å²) in [7, 11) is 0. The van der Waals surface area contributed by atoms with Crippen molar-refractivity contribution in [2.45, 2.75) is 103 Å². The highest BCUT2D eigenvalue weighted by Gasteiger charge is 2.18. The standard InChI is InChI=1S/C19H36N6S/c1-18(2,3)23-15-20-16(24-19(4,5)6)22-17(21-15)25-26-14-12-10-8-7-9-11-13-14/h14H,7-13H2,1-6H3,(H3,20,21,22,23,24,25). The molecule has 1 aliphatic carbocycles. The summed E-state index contributed by atoms with van der Waals surface area (Å²) in [6, 6.07) is 0. The number of nitrogens with zero attached hydrogens (tertiary/aromatic N) is 3. The first-order valence-electron chi connectivity index (χ1n) is 9.85. The van der Waals surface area contributed by atoms with Gasteiger partial charge < -0.3 is 10.6 Å². The van der Waals surface area contributed by atoms with Gasteiger partial charge in [0.05, 0.1) is 0 Å². The van der Waals surface area contributed by atoms with Gasteiger partial charge in [0.15, 0.2) is 0 Å². The summed E-state index contributed by atoms with van der Waals surface area (Å²) in [5, 5.41) is 7.33. The lowest BCUT2D eigenvalue weighted by atomic mass is 10.0. The van der Waals surface area contributed by atoms with Crippen LogP contribution in [0.25, 0.3) is 0 Å². The maximum absolute atomic E-state index is 4.57. The molecule has 0 amide bonds. The quantitative estimate of drug-likeness (QED) is 0.585. The molecule has 3 N–H and O–H groups in total. The van der Waals surface area contributed by atoms with Gasteiger partial charge in [-0.25, -0.2) is 0 Å². The largest absolute Gasteiger partial charge is 0.349 e. The van der Waals surface area contributed by atoms with Crippen molar-refractivity contribution in [1.29, 1.82) is 0 Å². The Hall–Kier alpha value is -1.24. The monoisotopic (exact) mass is 380 g/mol. The van der Waals surface area contributed by atoms with Gasteiger partial charge in [-0.3, -0.25) is 4.72 Å². The van der Waals surface area contributed by atoms with E-state index in [1.165, 1.54) is 44.9 Å². The second-order valence-corrected chi connectivity index (χ2v) is 10.3. The van der Waals surface area contributed by atoms with E-state index in [0.29, 0.717) is 23.1 Å². The minimum Gasteiger partial charge on any atom is -0.349 e. The molecule has 0 aromatic carbocycles. The van der Waals surface area contributed by atoms with Crippen LogP contribution in [0.5, 0.6) is 0 Å². The molecule has 0 saturated heterocycles. The molecule has 1 fully saturated rings. The van der Waals surface area contributed by atoms with Crippen LogP contribution in [0.1, 0.15) is 86.5 Å². The van der Waals surface area contributed by atoms with Crippen molar-refractivity contribution < 1.29 is 0 Å². The molecule has 1 aromatic rings. The molecule has 0 atom stereocenters. The molecule has 6 nitrogen and oxygen atoms in total. The van der Waals surface area contributed by atoms with Crippen LogP contribution in [0.4, 0.5) is 17.8 Å². The first kappa shape index (κ1) is 21.1. The maximum Gasteiger partial charge on any atom is 0.239 e. The Bertz CT molecular complexity index is 522. The maximum atomic E-state index is 4.57. The van der Waals surface area contributed by atoms with Gasteiger partial charge in [-0.15, -0.1) is 0 Å². The molecule has 0 bridgehead atoms. The Morgan fingerprint density at radius 1 is 0.692 bits per heavy atom. The highest BCUT2D eigenvalue weighted by molar-refractivity contribution is 8.01. The zero-order valence-electron chi connectivity index (χ0n) is 17.3. The van der Waals surface area contributed by atoms with Crippen LogP contribution in [0.2, 0.25) is 0 Å². The Balaban J connectivity index is 2.09. The summed E-state index contributed by atoms with van der Waals surface area (Å²) in [5.74, 6) is 1.81. The lowest BCUT2D eigenvalue weighted by Gasteiger charge is -2.24. The van der Waals surface area contributed by atoms with Crippen molar-refractivity contribution >= 4 is 29.8 Å². The molecule has 1 saturated carbocycles. The first-order valence-corrected chi connectivity index (χ1v) is 10.7. The van der Waals surface area contributed by atoms with E-state index in [9.17, 15) is 0 Å². The smallest absolute Gasteiger partial charge is 0.239 e. The Morgan fingerprint density at radius 2 is 1.12 bits per heavy atom. The third kappa shape index (κ3) is 8.43. The van der Waals surface area contributed by atoms with E-state index >= 15 is 0 Å². The predicted molar refractivity (Wildman–Crippen MR) is 114 cm³/mol. The van der Waals surface area contributed by atoms with Gasteiger partial charge in [-0.2, -0.15) is 15.0 Å². The van der Waals surface area contributed by atoms with E-state index in [2.05, 4.69) is 71.9 Å². The van der Waals surface area contributed by atoms with Gasteiger partial charge in [0.2, 0.25) is 17.8 Å². The Kier molecular flexibility index (Phi) is 7.38. The minimum atomic E-state index is -0.107. The Labute approximate surface area is 163 Å². The van der Waals surface area contributed by atoms with E-state index < -0.39 is 0 Å². The van der Waals surface area contributed by atoms with Crippen molar-refractivity contribution in [3.8, 4) is 0 Å². The van der Waals surface area contributed by atoms with Crippen LogP contribution in [-0.4, -0.2) is 31.3 Å². The molecule has 1 aliphatic rings. The van der Waals surface area contributed by atoms with Crippen molar-refractivity contribution in [2.24, 2.45) is 0 Å². The Morgan fingerprint density at radius 3 is 1.58 bits per heavy atom. The molecule has 1 aromatic heterocycles. The first-order chi connectivity index (χ1) is 12.1. The van der Waals surface area contributed by atoms with Crippen LogP contribution < -0.4 is 15.4 Å². The fourth-order valence-corrected chi connectivity index (χ4v) is 3.81.